The van der Waals surface area contributed by atoms with Gasteiger partial charge in [0.2, 0.25) is 11.8 Å². The van der Waals surface area contributed by atoms with Crippen LogP contribution in [0.4, 0.5) is 18.0 Å². The van der Waals surface area contributed by atoms with Gasteiger partial charge in [-0.05, 0) is 24.5 Å². The first kappa shape index (κ1) is 17.8. The van der Waals surface area contributed by atoms with E-state index in [0.29, 0.717) is 5.56 Å². The number of urea groups is 1. The van der Waals surface area contributed by atoms with Crippen molar-refractivity contribution in [3.8, 4) is 0 Å². The van der Waals surface area contributed by atoms with Crippen molar-refractivity contribution in [3.63, 3.8) is 0 Å². The highest BCUT2D eigenvalue weighted by Crippen LogP contribution is 2.29. The molecule has 2 rings (SSSR count). The van der Waals surface area contributed by atoms with Gasteiger partial charge in [-0.2, -0.15) is 13.2 Å². The Hall–Kier alpha value is -2.58. The lowest BCUT2D eigenvalue weighted by atomic mass is 10.1. The summed E-state index contributed by atoms with van der Waals surface area (Å²) in [6, 6.07) is 3.27. The molecule has 24 heavy (non-hydrogen) atoms. The number of alkyl halides is 3. The molecule has 1 heterocycles. The van der Waals surface area contributed by atoms with Crippen LogP contribution in [0.1, 0.15) is 24.0 Å². The Labute approximate surface area is 135 Å². The molecule has 0 aromatic heterocycles. The fourth-order valence-corrected chi connectivity index (χ4v) is 2.28. The molecule has 9 heteroatoms. The molecule has 1 aromatic carbocycles. The van der Waals surface area contributed by atoms with Crippen LogP contribution in [-0.2, 0) is 22.2 Å². The summed E-state index contributed by atoms with van der Waals surface area (Å²) in [5.74, 6) is -0.946. The van der Waals surface area contributed by atoms with E-state index in [2.05, 4.69) is 16.0 Å². The lowest BCUT2D eigenvalue weighted by Crippen LogP contribution is -2.48. The Morgan fingerprint density at radius 1 is 1.29 bits per heavy atom. The van der Waals surface area contributed by atoms with Gasteiger partial charge in [-0.1, -0.05) is 18.2 Å². The number of carbonyl (C=O) groups is 3. The van der Waals surface area contributed by atoms with Gasteiger partial charge in [-0.15, -0.1) is 0 Å². The van der Waals surface area contributed by atoms with Gasteiger partial charge in [0.25, 0.3) is 0 Å². The lowest BCUT2D eigenvalue weighted by Gasteiger charge is -2.15. The Balaban J connectivity index is 1.86. The summed E-state index contributed by atoms with van der Waals surface area (Å²) in [5, 5.41) is 6.96. The van der Waals surface area contributed by atoms with Crippen LogP contribution in [0.2, 0.25) is 0 Å². The van der Waals surface area contributed by atoms with Crippen molar-refractivity contribution in [1.82, 2.24) is 16.0 Å². The molecule has 1 atom stereocenters. The lowest BCUT2D eigenvalue weighted by molar-refractivity contribution is -0.137. The predicted octanol–water partition coefficient (Wildman–Crippen LogP) is 1.35. The normalized spacial score (nSPS) is 18.4. The molecule has 130 valence electrons. The van der Waals surface area contributed by atoms with Crippen molar-refractivity contribution < 1.29 is 27.6 Å². The van der Waals surface area contributed by atoms with E-state index in [9.17, 15) is 27.6 Å². The van der Waals surface area contributed by atoms with E-state index < -0.39 is 35.6 Å². The zero-order valence-electron chi connectivity index (χ0n) is 12.6. The van der Waals surface area contributed by atoms with E-state index in [1.165, 1.54) is 12.1 Å². The summed E-state index contributed by atoms with van der Waals surface area (Å²) >= 11 is 0. The second-order valence-corrected chi connectivity index (χ2v) is 5.35. The summed E-state index contributed by atoms with van der Waals surface area (Å²) < 4.78 is 37.9. The quantitative estimate of drug-likeness (QED) is 0.771. The fourth-order valence-electron chi connectivity index (χ4n) is 2.28. The van der Waals surface area contributed by atoms with Gasteiger partial charge in [0.1, 0.15) is 6.04 Å². The van der Waals surface area contributed by atoms with Gasteiger partial charge in [0.15, 0.2) is 0 Å². The number of imide groups is 1. The zero-order chi connectivity index (χ0) is 17.7. The number of amides is 4. The van der Waals surface area contributed by atoms with Gasteiger partial charge in [-0.3, -0.25) is 14.9 Å². The minimum absolute atomic E-state index is 0.0322. The first-order chi connectivity index (χ1) is 11.3. The Morgan fingerprint density at radius 2 is 2.04 bits per heavy atom. The molecule has 0 spiro atoms. The third kappa shape index (κ3) is 4.97. The van der Waals surface area contributed by atoms with Crippen molar-refractivity contribution in [2.75, 3.05) is 6.54 Å². The average molecular weight is 343 g/mol. The van der Waals surface area contributed by atoms with Crippen LogP contribution in [0.3, 0.4) is 0 Å². The van der Waals surface area contributed by atoms with Crippen LogP contribution in [-0.4, -0.2) is 30.4 Å². The van der Waals surface area contributed by atoms with Gasteiger partial charge in [-0.25, -0.2) is 4.79 Å². The number of halogens is 3. The second kappa shape index (κ2) is 7.33. The summed E-state index contributed by atoms with van der Waals surface area (Å²) in [6.45, 7) is 0.119. The maximum absolute atomic E-state index is 12.6. The van der Waals surface area contributed by atoms with E-state index >= 15 is 0 Å². The number of carbonyl (C=O) groups excluding carboxylic acids is 3. The van der Waals surface area contributed by atoms with Gasteiger partial charge in [0, 0.05) is 13.0 Å². The molecule has 0 bridgehead atoms. The second-order valence-electron chi connectivity index (χ2n) is 5.35. The summed E-state index contributed by atoms with van der Waals surface area (Å²) in [7, 11) is 0. The van der Waals surface area contributed by atoms with Gasteiger partial charge in [0.05, 0.1) is 5.56 Å². The number of nitrogens with one attached hydrogen (secondary N) is 3. The van der Waals surface area contributed by atoms with Crippen LogP contribution < -0.4 is 16.0 Å². The molecule has 0 saturated carbocycles. The van der Waals surface area contributed by atoms with E-state index in [-0.39, 0.29) is 25.8 Å². The number of rotatable bonds is 4. The Kier molecular flexibility index (Phi) is 5.42. The zero-order valence-corrected chi connectivity index (χ0v) is 12.6. The van der Waals surface area contributed by atoms with Crippen LogP contribution in [0.5, 0.6) is 0 Å². The van der Waals surface area contributed by atoms with Crippen molar-refractivity contribution >= 4 is 17.8 Å². The molecule has 0 aliphatic carbocycles. The van der Waals surface area contributed by atoms with E-state index in [0.717, 1.165) is 12.1 Å². The molecule has 0 unspecified atom stereocenters. The third-order valence-corrected chi connectivity index (χ3v) is 3.50. The minimum atomic E-state index is -4.41. The molecule has 0 radical (unpaired) electrons. The van der Waals surface area contributed by atoms with Crippen molar-refractivity contribution in [1.29, 1.82) is 0 Å². The monoisotopic (exact) mass is 343 g/mol. The highest BCUT2D eigenvalue weighted by molar-refractivity contribution is 5.98. The fraction of sp³-hybridized carbons (Fsp3) is 0.400. The third-order valence-electron chi connectivity index (χ3n) is 3.50. The SMILES string of the molecule is O=C1CC[C@H](C(=O)NCCc2cccc(C(F)(F)F)c2)NC(=O)N1. The first-order valence-electron chi connectivity index (χ1n) is 7.30. The van der Waals surface area contributed by atoms with E-state index in [1.807, 2.05) is 0 Å². The van der Waals surface area contributed by atoms with E-state index in [1.54, 1.807) is 0 Å². The van der Waals surface area contributed by atoms with Crippen LogP contribution in [0, 0.1) is 0 Å². The van der Waals surface area contributed by atoms with E-state index in [4.69, 9.17) is 0 Å². The summed E-state index contributed by atoms with van der Waals surface area (Å²) in [6.07, 6.45) is -4.01. The predicted molar refractivity (Wildman–Crippen MR) is 77.9 cm³/mol. The maximum atomic E-state index is 12.6. The topological polar surface area (TPSA) is 87.3 Å². The van der Waals surface area contributed by atoms with Crippen LogP contribution >= 0.6 is 0 Å². The highest BCUT2D eigenvalue weighted by atomic mass is 19.4. The molecule has 1 aliphatic rings. The average Bonchev–Trinajstić information content (AvgIpc) is 2.67. The maximum Gasteiger partial charge on any atom is 0.416 e. The largest absolute Gasteiger partial charge is 0.416 e. The standard InChI is InChI=1S/C15H16F3N3O3/c16-15(17,18)10-3-1-2-9(8-10)6-7-19-13(23)11-4-5-12(22)21-14(24)20-11/h1-3,8,11H,4-7H2,(H,19,23)(H2,20,21,22,24)/t11-/m1/s1. The molecule has 3 N–H and O–H groups in total. The smallest absolute Gasteiger partial charge is 0.354 e. The van der Waals surface area contributed by atoms with Gasteiger partial charge >= 0.3 is 12.2 Å². The number of benzene rings is 1. The minimum Gasteiger partial charge on any atom is -0.354 e. The van der Waals surface area contributed by atoms with Crippen LogP contribution in [0.15, 0.2) is 24.3 Å². The van der Waals surface area contributed by atoms with Crippen molar-refractivity contribution in [2.24, 2.45) is 0 Å². The van der Waals surface area contributed by atoms with Crippen molar-refractivity contribution in [2.45, 2.75) is 31.5 Å². The molecule has 4 amide bonds. The Bertz CT molecular complexity index is 646. The van der Waals surface area contributed by atoms with Crippen LogP contribution in [0.25, 0.3) is 0 Å². The number of hydrogen-bond donors (Lipinski definition) is 3. The molecule has 1 aromatic rings. The molecule has 1 fully saturated rings. The summed E-state index contributed by atoms with van der Waals surface area (Å²) in [5.41, 5.74) is -0.307. The number of hydrogen-bond acceptors (Lipinski definition) is 3. The molecule has 6 nitrogen and oxygen atoms in total. The molecule has 1 aliphatic heterocycles. The molecular formula is C15H16F3N3O3. The summed E-state index contributed by atoms with van der Waals surface area (Å²) in [4.78, 5) is 34.5. The molecule has 1 saturated heterocycles. The highest BCUT2D eigenvalue weighted by Gasteiger charge is 2.30. The first-order valence-corrected chi connectivity index (χ1v) is 7.30. The van der Waals surface area contributed by atoms with Crippen molar-refractivity contribution in [3.05, 3.63) is 35.4 Å². The van der Waals surface area contributed by atoms with Gasteiger partial charge < -0.3 is 10.6 Å². The Morgan fingerprint density at radius 3 is 2.75 bits per heavy atom. The molecular weight excluding hydrogens is 327 g/mol.